The largest absolute Gasteiger partial charge is 0.466 e. The van der Waals surface area contributed by atoms with E-state index >= 15 is 0 Å². The lowest BCUT2D eigenvalue weighted by Crippen LogP contribution is -2.13. The molecular formula is C10H19BO4. The molecule has 0 heterocycles. The van der Waals surface area contributed by atoms with Crippen LogP contribution in [-0.4, -0.2) is 33.0 Å². The van der Waals surface area contributed by atoms with E-state index in [1.807, 2.05) is 7.85 Å². The van der Waals surface area contributed by atoms with E-state index in [0.717, 1.165) is 0 Å². The van der Waals surface area contributed by atoms with Crippen molar-refractivity contribution in [2.45, 2.75) is 38.9 Å². The standard InChI is InChI=1S/C10H19BO4/c1-3-14-9(12)7-5-6-8(11)10(13)15-4-2/h8H,3-7,11H2,1-2H3. The third-order valence-electron chi connectivity index (χ3n) is 2.01. The summed E-state index contributed by atoms with van der Waals surface area (Å²) >= 11 is 0. The maximum Gasteiger partial charge on any atom is 0.305 e. The Morgan fingerprint density at radius 2 is 1.80 bits per heavy atom. The van der Waals surface area contributed by atoms with E-state index in [4.69, 9.17) is 9.47 Å². The molecule has 1 atom stereocenters. The molecule has 0 aromatic carbocycles. The van der Waals surface area contributed by atoms with Crippen LogP contribution >= 0.6 is 0 Å². The first-order valence-electron chi connectivity index (χ1n) is 5.44. The van der Waals surface area contributed by atoms with Crippen LogP contribution in [0.15, 0.2) is 0 Å². The molecule has 0 saturated carbocycles. The van der Waals surface area contributed by atoms with Gasteiger partial charge in [-0.25, -0.2) is 0 Å². The Morgan fingerprint density at radius 3 is 2.33 bits per heavy atom. The minimum atomic E-state index is -0.200. The lowest BCUT2D eigenvalue weighted by Gasteiger charge is -2.09. The predicted molar refractivity (Wildman–Crippen MR) is 59.4 cm³/mol. The van der Waals surface area contributed by atoms with Crippen LogP contribution in [0.2, 0.25) is 5.82 Å². The molecule has 5 heteroatoms. The maximum absolute atomic E-state index is 11.2. The van der Waals surface area contributed by atoms with Gasteiger partial charge in [-0.1, -0.05) is 0 Å². The summed E-state index contributed by atoms with van der Waals surface area (Å²) < 4.78 is 9.63. The Labute approximate surface area is 91.7 Å². The van der Waals surface area contributed by atoms with Crippen molar-refractivity contribution in [2.75, 3.05) is 13.2 Å². The zero-order valence-electron chi connectivity index (χ0n) is 9.75. The Bertz CT molecular complexity index is 206. The van der Waals surface area contributed by atoms with Gasteiger partial charge in [-0.2, -0.15) is 0 Å². The molecule has 0 N–H and O–H groups in total. The zero-order valence-corrected chi connectivity index (χ0v) is 9.75. The molecule has 0 saturated heterocycles. The Hall–Kier alpha value is -0.995. The SMILES string of the molecule is BC(CCCC(=O)OCC)C(=O)OCC. The van der Waals surface area contributed by atoms with Gasteiger partial charge in [0, 0.05) is 12.2 Å². The first-order valence-corrected chi connectivity index (χ1v) is 5.44. The Kier molecular flexibility index (Phi) is 7.77. The predicted octanol–water partition coefficient (Wildman–Crippen LogP) is 0.704. The fourth-order valence-electron chi connectivity index (χ4n) is 1.19. The lowest BCUT2D eigenvalue weighted by molar-refractivity contribution is -0.145. The van der Waals surface area contributed by atoms with E-state index in [1.165, 1.54) is 0 Å². The topological polar surface area (TPSA) is 52.6 Å². The number of esters is 2. The van der Waals surface area contributed by atoms with E-state index in [9.17, 15) is 9.59 Å². The summed E-state index contributed by atoms with van der Waals surface area (Å²) in [5.74, 6) is -0.533. The molecule has 0 rings (SSSR count). The van der Waals surface area contributed by atoms with Crippen LogP contribution in [0.25, 0.3) is 0 Å². The van der Waals surface area contributed by atoms with E-state index in [1.54, 1.807) is 13.8 Å². The molecule has 1 unspecified atom stereocenters. The third-order valence-corrected chi connectivity index (χ3v) is 2.01. The Balaban J connectivity index is 3.58. The van der Waals surface area contributed by atoms with E-state index < -0.39 is 0 Å². The summed E-state index contributed by atoms with van der Waals surface area (Å²) in [6, 6.07) is 0. The second-order valence-corrected chi connectivity index (χ2v) is 3.35. The maximum atomic E-state index is 11.2. The van der Waals surface area contributed by atoms with Crippen LogP contribution < -0.4 is 0 Å². The monoisotopic (exact) mass is 214 g/mol. The number of hydrogen-bond donors (Lipinski definition) is 0. The molecule has 0 amide bonds. The van der Waals surface area contributed by atoms with Crippen LogP contribution in [-0.2, 0) is 19.1 Å². The number of carbonyl (C=O) groups excluding carboxylic acids is 2. The van der Waals surface area contributed by atoms with Gasteiger partial charge >= 0.3 is 11.9 Å². The van der Waals surface area contributed by atoms with Crippen molar-refractivity contribution in [1.82, 2.24) is 0 Å². The average Bonchev–Trinajstić information content (AvgIpc) is 2.18. The van der Waals surface area contributed by atoms with Crippen LogP contribution in [0.4, 0.5) is 0 Å². The summed E-state index contributed by atoms with van der Waals surface area (Å²) in [6.07, 6.45) is 1.70. The number of ether oxygens (including phenoxy) is 2. The summed E-state index contributed by atoms with van der Waals surface area (Å²) in [7, 11) is 1.81. The number of hydrogen-bond acceptors (Lipinski definition) is 4. The van der Waals surface area contributed by atoms with Crippen LogP contribution in [0.1, 0.15) is 33.1 Å². The van der Waals surface area contributed by atoms with Gasteiger partial charge < -0.3 is 9.47 Å². The zero-order chi connectivity index (χ0) is 11.7. The summed E-state index contributed by atoms with van der Waals surface area (Å²) in [5.41, 5.74) is 0. The smallest absolute Gasteiger partial charge is 0.305 e. The van der Waals surface area contributed by atoms with Crippen molar-refractivity contribution in [1.29, 1.82) is 0 Å². The highest BCUT2D eigenvalue weighted by Gasteiger charge is 2.14. The second kappa shape index (κ2) is 8.32. The molecule has 0 bridgehead atoms. The fourth-order valence-corrected chi connectivity index (χ4v) is 1.19. The molecule has 4 nitrogen and oxygen atoms in total. The van der Waals surface area contributed by atoms with Crippen LogP contribution in [0, 0.1) is 0 Å². The molecule has 0 aliphatic rings. The molecule has 0 radical (unpaired) electrons. The highest BCUT2D eigenvalue weighted by molar-refractivity contribution is 6.22. The quantitative estimate of drug-likeness (QED) is 0.462. The Morgan fingerprint density at radius 1 is 1.20 bits per heavy atom. The van der Waals surface area contributed by atoms with E-state index in [0.29, 0.717) is 32.5 Å². The van der Waals surface area contributed by atoms with Gasteiger partial charge in [-0.3, -0.25) is 9.59 Å². The van der Waals surface area contributed by atoms with Gasteiger partial charge in [0.25, 0.3) is 0 Å². The van der Waals surface area contributed by atoms with Crippen molar-refractivity contribution < 1.29 is 19.1 Å². The molecule has 0 fully saturated rings. The minimum Gasteiger partial charge on any atom is -0.466 e. The van der Waals surface area contributed by atoms with Crippen LogP contribution in [0.5, 0.6) is 0 Å². The highest BCUT2D eigenvalue weighted by Crippen LogP contribution is 2.12. The van der Waals surface area contributed by atoms with Gasteiger partial charge in [0.05, 0.1) is 13.2 Å². The molecule has 86 valence electrons. The molecule has 0 aliphatic heterocycles. The fraction of sp³-hybridized carbons (Fsp3) is 0.800. The van der Waals surface area contributed by atoms with Crippen molar-refractivity contribution in [3.8, 4) is 0 Å². The first kappa shape index (κ1) is 14.0. The van der Waals surface area contributed by atoms with Crippen molar-refractivity contribution in [2.24, 2.45) is 0 Å². The normalized spacial score (nSPS) is 11.9. The number of carbonyl (C=O) groups is 2. The molecule has 0 spiro atoms. The summed E-state index contributed by atoms with van der Waals surface area (Å²) in [4.78, 5) is 22.2. The molecule has 15 heavy (non-hydrogen) atoms. The third kappa shape index (κ3) is 7.00. The van der Waals surface area contributed by atoms with E-state index in [2.05, 4.69) is 0 Å². The molecule has 0 aromatic heterocycles. The van der Waals surface area contributed by atoms with Gasteiger partial charge in [0.1, 0.15) is 7.85 Å². The van der Waals surface area contributed by atoms with Gasteiger partial charge in [0.2, 0.25) is 0 Å². The average molecular weight is 214 g/mol. The molecule has 0 aromatic rings. The lowest BCUT2D eigenvalue weighted by atomic mass is 9.83. The highest BCUT2D eigenvalue weighted by atomic mass is 16.5. The van der Waals surface area contributed by atoms with E-state index in [-0.39, 0.29) is 17.8 Å². The minimum absolute atomic E-state index is 0.139. The van der Waals surface area contributed by atoms with Gasteiger partial charge in [-0.05, 0) is 26.7 Å². The van der Waals surface area contributed by atoms with Crippen LogP contribution in [0.3, 0.4) is 0 Å². The molecular weight excluding hydrogens is 195 g/mol. The van der Waals surface area contributed by atoms with Gasteiger partial charge in [-0.15, -0.1) is 0 Å². The van der Waals surface area contributed by atoms with Crippen molar-refractivity contribution >= 4 is 19.8 Å². The summed E-state index contributed by atoms with van der Waals surface area (Å²) in [6.45, 7) is 4.37. The number of rotatable bonds is 7. The summed E-state index contributed by atoms with van der Waals surface area (Å²) in [5, 5.41) is 0. The van der Waals surface area contributed by atoms with Crippen molar-refractivity contribution in [3.63, 3.8) is 0 Å². The second-order valence-electron chi connectivity index (χ2n) is 3.35. The first-order chi connectivity index (χ1) is 7.11. The molecule has 0 aliphatic carbocycles. The van der Waals surface area contributed by atoms with Gasteiger partial charge in [0.15, 0.2) is 0 Å². The van der Waals surface area contributed by atoms with Crippen molar-refractivity contribution in [3.05, 3.63) is 0 Å².